The van der Waals surface area contributed by atoms with Gasteiger partial charge in [0.05, 0.1) is 9.88 Å². The maximum Gasteiger partial charge on any atom is 0.240 e. The van der Waals surface area contributed by atoms with Crippen LogP contribution in [0.1, 0.15) is 19.3 Å². The number of hydrogen-bond donors (Lipinski definition) is 2. The average molecular weight is 284 g/mol. The minimum absolute atomic E-state index is 0.0292. The molecule has 2 unspecified atom stereocenters. The fraction of sp³-hybridized carbons (Fsp3) is 0.417. The third-order valence-electron chi connectivity index (χ3n) is 3.24. The number of rotatable bonds is 4. The van der Waals surface area contributed by atoms with Gasteiger partial charge in [-0.2, -0.15) is 0 Å². The lowest BCUT2D eigenvalue weighted by Crippen LogP contribution is -2.41. The minimum atomic E-state index is -3.48. The van der Waals surface area contributed by atoms with Gasteiger partial charge in [-0.25, -0.2) is 13.1 Å². The van der Waals surface area contributed by atoms with Crippen molar-refractivity contribution >= 4 is 27.2 Å². The second-order valence-corrected chi connectivity index (χ2v) is 6.67. The predicted octanol–water partition coefficient (Wildman–Crippen LogP) is 1.42. The molecule has 1 aromatic rings. The number of nitrogens with two attached hydrogens (primary N) is 1. The number of nitrogens with one attached hydrogen (secondary N) is 1. The Kier molecular flexibility index (Phi) is 3.99. The second kappa shape index (κ2) is 5.34. The molecule has 1 aromatic carbocycles. The number of hydrogen-bond acceptors (Lipinski definition) is 3. The summed E-state index contributed by atoms with van der Waals surface area (Å²) in [7, 11) is -3.48. The van der Waals surface area contributed by atoms with E-state index in [1.165, 1.54) is 0 Å². The topological polar surface area (TPSA) is 72.2 Å². The number of sulfonamides is 1. The molecular weight excluding hydrogens is 268 g/mol. The van der Waals surface area contributed by atoms with Gasteiger partial charge < -0.3 is 5.73 Å². The highest BCUT2D eigenvalue weighted by Gasteiger charge is 2.32. The van der Waals surface area contributed by atoms with E-state index in [-0.39, 0.29) is 16.9 Å². The van der Waals surface area contributed by atoms with Crippen LogP contribution in [0, 0.1) is 5.92 Å². The van der Waals surface area contributed by atoms with Crippen LogP contribution < -0.4 is 10.5 Å². The Morgan fingerprint density at radius 2 is 1.94 bits per heavy atom. The van der Waals surface area contributed by atoms with Gasteiger partial charge in [0.25, 0.3) is 0 Å². The normalized spacial score (nSPS) is 24.0. The third-order valence-corrected chi connectivity index (χ3v) is 5.05. The maximum atomic E-state index is 12.2. The summed E-state index contributed by atoms with van der Waals surface area (Å²) in [4.78, 5) is 0.673. The van der Waals surface area contributed by atoms with E-state index < -0.39 is 10.0 Å². The van der Waals surface area contributed by atoms with Crippen LogP contribution in [-0.4, -0.2) is 19.4 Å². The zero-order valence-corrected chi connectivity index (χ0v) is 11.5. The summed E-state index contributed by atoms with van der Waals surface area (Å²) in [6.45, 7) is 0. The second-order valence-electron chi connectivity index (χ2n) is 4.48. The Balaban J connectivity index is 2.16. The number of thiocarbonyl (C=S) groups is 1. The van der Waals surface area contributed by atoms with Crippen molar-refractivity contribution in [2.75, 3.05) is 0 Å². The molecule has 1 aliphatic rings. The first-order valence-electron chi connectivity index (χ1n) is 5.87. The van der Waals surface area contributed by atoms with E-state index in [0.29, 0.717) is 4.99 Å². The van der Waals surface area contributed by atoms with Crippen molar-refractivity contribution < 1.29 is 8.42 Å². The first-order valence-corrected chi connectivity index (χ1v) is 7.76. The van der Waals surface area contributed by atoms with Crippen molar-refractivity contribution in [1.29, 1.82) is 0 Å². The summed E-state index contributed by atoms with van der Waals surface area (Å²) < 4.78 is 27.0. The average Bonchev–Trinajstić information content (AvgIpc) is 2.78. The SMILES string of the molecule is NC(=S)C1CCCC1NS(=O)(=O)c1ccccc1. The molecule has 1 aliphatic carbocycles. The van der Waals surface area contributed by atoms with E-state index >= 15 is 0 Å². The Labute approximate surface area is 113 Å². The van der Waals surface area contributed by atoms with Gasteiger partial charge >= 0.3 is 0 Å². The van der Waals surface area contributed by atoms with Crippen LogP contribution in [0.15, 0.2) is 35.2 Å². The van der Waals surface area contributed by atoms with Gasteiger partial charge in [-0.1, -0.05) is 36.8 Å². The molecule has 0 aliphatic heterocycles. The van der Waals surface area contributed by atoms with Crippen LogP contribution >= 0.6 is 12.2 Å². The Morgan fingerprint density at radius 1 is 1.28 bits per heavy atom. The largest absolute Gasteiger partial charge is 0.393 e. The molecule has 0 saturated heterocycles. The minimum Gasteiger partial charge on any atom is -0.393 e. The maximum absolute atomic E-state index is 12.2. The summed E-state index contributed by atoms with van der Waals surface area (Å²) in [6, 6.07) is 8.17. The van der Waals surface area contributed by atoms with Crippen LogP contribution in [0.25, 0.3) is 0 Å². The van der Waals surface area contributed by atoms with E-state index in [1.807, 2.05) is 0 Å². The molecule has 0 heterocycles. The predicted molar refractivity (Wildman–Crippen MR) is 74.7 cm³/mol. The van der Waals surface area contributed by atoms with Gasteiger partial charge in [0, 0.05) is 12.0 Å². The Morgan fingerprint density at radius 3 is 2.56 bits per heavy atom. The van der Waals surface area contributed by atoms with E-state index in [0.717, 1.165) is 19.3 Å². The van der Waals surface area contributed by atoms with Crippen LogP contribution in [0.2, 0.25) is 0 Å². The molecular formula is C12H16N2O2S2. The molecule has 4 nitrogen and oxygen atoms in total. The summed E-state index contributed by atoms with van der Waals surface area (Å²) in [5.41, 5.74) is 5.64. The number of benzene rings is 1. The van der Waals surface area contributed by atoms with Crippen LogP contribution in [0.3, 0.4) is 0 Å². The van der Waals surface area contributed by atoms with Crippen molar-refractivity contribution in [2.24, 2.45) is 11.7 Å². The molecule has 1 fully saturated rings. The van der Waals surface area contributed by atoms with Gasteiger partial charge in [-0.3, -0.25) is 0 Å². The summed E-state index contributed by atoms with van der Waals surface area (Å²) in [5.74, 6) is -0.0292. The molecule has 2 atom stereocenters. The van der Waals surface area contributed by atoms with Gasteiger partial charge in [0.1, 0.15) is 0 Å². The van der Waals surface area contributed by atoms with Crippen LogP contribution in [-0.2, 0) is 10.0 Å². The smallest absolute Gasteiger partial charge is 0.240 e. The summed E-state index contributed by atoms with van der Waals surface area (Å²) >= 11 is 4.98. The van der Waals surface area contributed by atoms with Crippen molar-refractivity contribution in [3.63, 3.8) is 0 Å². The third kappa shape index (κ3) is 2.88. The molecule has 0 spiro atoms. The van der Waals surface area contributed by atoms with Crippen LogP contribution in [0.5, 0.6) is 0 Å². The van der Waals surface area contributed by atoms with Gasteiger partial charge in [0.2, 0.25) is 10.0 Å². The van der Waals surface area contributed by atoms with Crippen molar-refractivity contribution in [3.05, 3.63) is 30.3 Å². The lowest BCUT2D eigenvalue weighted by molar-refractivity contribution is 0.525. The van der Waals surface area contributed by atoms with Crippen molar-refractivity contribution in [1.82, 2.24) is 4.72 Å². The monoisotopic (exact) mass is 284 g/mol. The van der Waals surface area contributed by atoms with Gasteiger partial charge in [-0.05, 0) is 25.0 Å². The van der Waals surface area contributed by atoms with Gasteiger partial charge in [0.15, 0.2) is 0 Å². The highest BCUT2D eigenvalue weighted by atomic mass is 32.2. The Bertz CT molecular complexity index is 528. The van der Waals surface area contributed by atoms with Crippen molar-refractivity contribution in [2.45, 2.75) is 30.2 Å². The lowest BCUT2D eigenvalue weighted by atomic mass is 10.1. The molecule has 0 aromatic heterocycles. The summed E-state index contributed by atoms with van der Waals surface area (Å²) in [5, 5.41) is 0. The van der Waals surface area contributed by atoms with Crippen molar-refractivity contribution in [3.8, 4) is 0 Å². The first-order chi connectivity index (χ1) is 8.50. The molecule has 3 N–H and O–H groups in total. The lowest BCUT2D eigenvalue weighted by Gasteiger charge is -2.19. The van der Waals surface area contributed by atoms with E-state index in [4.69, 9.17) is 18.0 Å². The van der Waals surface area contributed by atoms with E-state index in [9.17, 15) is 8.42 Å². The van der Waals surface area contributed by atoms with E-state index in [2.05, 4.69) is 4.72 Å². The highest BCUT2D eigenvalue weighted by Crippen LogP contribution is 2.27. The molecule has 18 heavy (non-hydrogen) atoms. The summed E-state index contributed by atoms with van der Waals surface area (Å²) in [6.07, 6.45) is 2.59. The molecule has 0 bridgehead atoms. The fourth-order valence-electron chi connectivity index (χ4n) is 2.31. The molecule has 0 amide bonds. The molecule has 2 rings (SSSR count). The van der Waals surface area contributed by atoms with Crippen LogP contribution in [0.4, 0.5) is 0 Å². The Hall–Kier alpha value is -0.980. The first kappa shape index (κ1) is 13.5. The van der Waals surface area contributed by atoms with E-state index in [1.54, 1.807) is 30.3 Å². The fourth-order valence-corrected chi connectivity index (χ4v) is 3.92. The molecule has 98 valence electrons. The highest BCUT2D eigenvalue weighted by molar-refractivity contribution is 7.89. The molecule has 6 heteroatoms. The quantitative estimate of drug-likeness (QED) is 0.820. The zero-order chi connectivity index (χ0) is 13.2. The molecule has 0 radical (unpaired) electrons. The van der Waals surface area contributed by atoms with Gasteiger partial charge in [-0.15, -0.1) is 0 Å². The standard InChI is InChI=1S/C12H16N2O2S2/c13-12(17)10-7-4-8-11(10)14-18(15,16)9-5-2-1-3-6-9/h1-3,5-6,10-11,14H,4,7-8H2,(H2,13,17). The molecule has 1 saturated carbocycles. The zero-order valence-electron chi connectivity index (χ0n) is 9.87.